The van der Waals surface area contributed by atoms with Gasteiger partial charge in [-0.1, -0.05) is 6.07 Å². The SMILES string of the molecule is Nc1ccc2c(c1)nc(C1CC1)n2CCc1ccccn1. The van der Waals surface area contributed by atoms with E-state index in [1.165, 1.54) is 24.2 Å². The van der Waals surface area contributed by atoms with E-state index in [1.807, 2.05) is 30.5 Å². The van der Waals surface area contributed by atoms with E-state index in [0.717, 1.165) is 29.9 Å². The van der Waals surface area contributed by atoms with E-state index in [9.17, 15) is 0 Å². The van der Waals surface area contributed by atoms with E-state index in [4.69, 9.17) is 10.7 Å². The molecule has 4 heteroatoms. The van der Waals surface area contributed by atoms with Crippen molar-refractivity contribution in [3.63, 3.8) is 0 Å². The first kappa shape index (κ1) is 12.4. The first-order chi connectivity index (χ1) is 10.3. The number of fused-ring (bicyclic) bond motifs is 1. The van der Waals surface area contributed by atoms with Gasteiger partial charge in [0.1, 0.15) is 5.82 Å². The Labute approximate surface area is 123 Å². The molecule has 1 aliphatic rings. The van der Waals surface area contributed by atoms with Crippen LogP contribution in [0, 0.1) is 0 Å². The fraction of sp³-hybridized carbons (Fsp3) is 0.294. The van der Waals surface area contributed by atoms with Crippen LogP contribution in [0.1, 0.15) is 30.3 Å². The van der Waals surface area contributed by atoms with Gasteiger partial charge in [-0.15, -0.1) is 0 Å². The molecule has 0 saturated heterocycles. The van der Waals surface area contributed by atoms with Crippen LogP contribution in [0.4, 0.5) is 5.69 Å². The standard InChI is InChI=1S/C17H18N4/c18-13-6-7-16-15(11-13)20-17(12-4-5-12)21(16)10-8-14-3-1-2-9-19-14/h1-3,6-7,9,11-12H,4-5,8,10,18H2. The van der Waals surface area contributed by atoms with Crippen LogP contribution in [0.15, 0.2) is 42.6 Å². The Hall–Kier alpha value is -2.36. The lowest BCUT2D eigenvalue weighted by molar-refractivity contribution is 0.662. The van der Waals surface area contributed by atoms with Crippen molar-refractivity contribution in [3.8, 4) is 0 Å². The quantitative estimate of drug-likeness (QED) is 0.746. The summed E-state index contributed by atoms with van der Waals surface area (Å²) in [6, 6.07) is 12.1. The Morgan fingerprint density at radius 2 is 2.10 bits per heavy atom. The zero-order valence-electron chi connectivity index (χ0n) is 11.9. The maximum absolute atomic E-state index is 5.88. The average Bonchev–Trinajstić information content (AvgIpc) is 3.28. The fourth-order valence-electron chi connectivity index (χ4n) is 2.83. The fourth-order valence-corrected chi connectivity index (χ4v) is 2.83. The number of anilines is 1. The average molecular weight is 278 g/mol. The zero-order valence-corrected chi connectivity index (χ0v) is 11.9. The number of nitrogen functional groups attached to an aromatic ring is 1. The van der Waals surface area contributed by atoms with Crippen molar-refractivity contribution in [2.75, 3.05) is 5.73 Å². The van der Waals surface area contributed by atoms with Crippen LogP contribution in [-0.4, -0.2) is 14.5 Å². The van der Waals surface area contributed by atoms with E-state index in [1.54, 1.807) is 0 Å². The van der Waals surface area contributed by atoms with Crippen LogP contribution in [0.5, 0.6) is 0 Å². The van der Waals surface area contributed by atoms with Crippen molar-refractivity contribution in [1.82, 2.24) is 14.5 Å². The van der Waals surface area contributed by atoms with Crippen LogP contribution < -0.4 is 5.73 Å². The number of aryl methyl sites for hydroxylation is 2. The number of nitrogens with zero attached hydrogens (tertiary/aromatic N) is 3. The van der Waals surface area contributed by atoms with Crippen LogP contribution in [0.3, 0.4) is 0 Å². The third-order valence-electron chi connectivity index (χ3n) is 4.06. The second-order valence-corrected chi connectivity index (χ2v) is 5.72. The monoisotopic (exact) mass is 278 g/mol. The van der Waals surface area contributed by atoms with E-state index >= 15 is 0 Å². The molecule has 0 aliphatic heterocycles. The molecule has 2 aromatic heterocycles. The number of hydrogen-bond donors (Lipinski definition) is 1. The van der Waals surface area contributed by atoms with Gasteiger partial charge in [-0.2, -0.15) is 0 Å². The van der Waals surface area contributed by atoms with Gasteiger partial charge in [0.2, 0.25) is 0 Å². The Morgan fingerprint density at radius 1 is 1.19 bits per heavy atom. The van der Waals surface area contributed by atoms with Gasteiger partial charge in [0, 0.05) is 36.5 Å². The number of imidazole rings is 1. The number of rotatable bonds is 4. The van der Waals surface area contributed by atoms with E-state index in [-0.39, 0.29) is 0 Å². The maximum atomic E-state index is 5.88. The van der Waals surface area contributed by atoms with Crippen molar-refractivity contribution in [1.29, 1.82) is 0 Å². The second-order valence-electron chi connectivity index (χ2n) is 5.72. The molecule has 4 rings (SSSR count). The minimum atomic E-state index is 0.627. The number of hydrogen-bond acceptors (Lipinski definition) is 3. The summed E-state index contributed by atoms with van der Waals surface area (Å²) in [6.07, 6.45) is 5.28. The van der Waals surface area contributed by atoms with E-state index in [2.05, 4.69) is 21.7 Å². The molecule has 0 bridgehead atoms. The van der Waals surface area contributed by atoms with Crippen molar-refractivity contribution < 1.29 is 0 Å². The van der Waals surface area contributed by atoms with Gasteiger partial charge < -0.3 is 10.3 Å². The highest BCUT2D eigenvalue weighted by atomic mass is 15.1. The Morgan fingerprint density at radius 3 is 2.86 bits per heavy atom. The molecule has 0 atom stereocenters. The highest BCUT2D eigenvalue weighted by molar-refractivity contribution is 5.79. The third-order valence-corrected chi connectivity index (χ3v) is 4.06. The highest BCUT2D eigenvalue weighted by Gasteiger charge is 2.29. The summed E-state index contributed by atoms with van der Waals surface area (Å²) in [5, 5.41) is 0. The molecule has 21 heavy (non-hydrogen) atoms. The number of benzene rings is 1. The molecule has 0 spiro atoms. The van der Waals surface area contributed by atoms with Crippen molar-refractivity contribution in [2.24, 2.45) is 0 Å². The van der Waals surface area contributed by atoms with Crippen LogP contribution >= 0.6 is 0 Å². The van der Waals surface area contributed by atoms with Crippen molar-refractivity contribution in [3.05, 3.63) is 54.1 Å². The predicted octanol–water partition coefficient (Wildman–Crippen LogP) is 3.13. The largest absolute Gasteiger partial charge is 0.399 e. The number of nitrogens with two attached hydrogens (primary N) is 1. The van der Waals surface area contributed by atoms with Gasteiger partial charge in [-0.05, 0) is 43.2 Å². The summed E-state index contributed by atoms with van der Waals surface area (Å²) in [7, 11) is 0. The molecule has 3 aromatic rings. The number of aromatic nitrogens is 3. The van der Waals surface area contributed by atoms with Crippen LogP contribution in [0.2, 0.25) is 0 Å². The summed E-state index contributed by atoms with van der Waals surface area (Å²) in [6.45, 7) is 0.920. The summed E-state index contributed by atoms with van der Waals surface area (Å²) in [4.78, 5) is 9.22. The summed E-state index contributed by atoms with van der Waals surface area (Å²) in [5.41, 5.74) is 9.97. The lowest BCUT2D eigenvalue weighted by atomic mass is 10.2. The zero-order chi connectivity index (χ0) is 14.2. The maximum Gasteiger partial charge on any atom is 0.113 e. The second kappa shape index (κ2) is 4.88. The molecule has 106 valence electrons. The van der Waals surface area contributed by atoms with Gasteiger partial charge >= 0.3 is 0 Å². The smallest absolute Gasteiger partial charge is 0.113 e. The minimum Gasteiger partial charge on any atom is -0.399 e. The highest BCUT2D eigenvalue weighted by Crippen LogP contribution is 2.40. The van der Waals surface area contributed by atoms with Crippen molar-refractivity contribution in [2.45, 2.75) is 31.7 Å². The van der Waals surface area contributed by atoms with Gasteiger partial charge in [-0.25, -0.2) is 4.98 Å². The minimum absolute atomic E-state index is 0.627. The molecule has 0 radical (unpaired) electrons. The lowest BCUT2D eigenvalue weighted by Gasteiger charge is -2.08. The van der Waals surface area contributed by atoms with Crippen LogP contribution in [-0.2, 0) is 13.0 Å². The predicted molar refractivity (Wildman–Crippen MR) is 84.1 cm³/mol. The third kappa shape index (κ3) is 2.37. The Bertz CT molecular complexity index is 772. The summed E-state index contributed by atoms with van der Waals surface area (Å²) < 4.78 is 2.35. The molecule has 1 aliphatic carbocycles. The molecular formula is C17H18N4. The van der Waals surface area contributed by atoms with E-state index < -0.39 is 0 Å². The van der Waals surface area contributed by atoms with Gasteiger partial charge in [0.15, 0.2) is 0 Å². The summed E-state index contributed by atoms with van der Waals surface area (Å²) >= 11 is 0. The van der Waals surface area contributed by atoms with Gasteiger partial charge in [-0.3, -0.25) is 4.98 Å². The first-order valence-corrected chi connectivity index (χ1v) is 7.47. The molecule has 2 N–H and O–H groups in total. The molecule has 2 heterocycles. The number of pyridine rings is 1. The first-order valence-electron chi connectivity index (χ1n) is 7.47. The molecule has 4 nitrogen and oxygen atoms in total. The van der Waals surface area contributed by atoms with E-state index in [0.29, 0.717) is 5.92 Å². The Kier molecular flexibility index (Phi) is 2.88. The topological polar surface area (TPSA) is 56.7 Å². The van der Waals surface area contributed by atoms with Crippen LogP contribution in [0.25, 0.3) is 11.0 Å². The van der Waals surface area contributed by atoms with Gasteiger partial charge in [0.25, 0.3) is 0 Å². The molecule has 1 saturated carbocycles. The molecule has 0 unspecified atom stereocenters. The molecule has 1 fully saturated rings. The molecule has 0 amide bonds. The lowest BCUT2D eigenvalue weighted by Crippen LogP contribution is -2.06. The van der Waals surface area contributed by atoms with Gasteiger partial charge in [0.05, 0.1) is 11.0 Å². The summed E-state index contributed by atoms with van der Waals surface area (Å²) in [5.74, 6) is 1.84. The molecular weight excluding hydrogens is 260 g/mol. The van der Waals surface area contributed by atoms with Crippen molar-refractivity contribution >= 4 is 16.7 Å². The Balaban J connectivity index is 1.70. The normalized spacial score (nSPS) is 14.7. The molecule has 1 aromatic carbocycles.